The number of hydrogen-bond acceptors (Lipinski definition) is 3. The molecule has 1 aromatic heterocycles. The molecule has 0 bridgehead atoms. The first-order chi connectivity index (χ1) is 10.7. The van der Waals surface area contributed by atoms with E-state index in [1.54, 1.807) is 0 Å². The van der Waals surface area contributed by atoms with Crippen LogP contribution < -0.4 is 5.32 Å². The Labute approximate surface area is 131 Å². The summed E-state index contributed by atoms with van der Waals surface area (Å²) in [4.78, 5) is 11.7. The predicted octanol–water partition coefficient (Wildman–Crippen LogP) is 3.16. The number of nitrogens with one attached hydrogen (secondary N) is 1. The van der Waals surface area contributed by atoms with Crippen molar-refractivity contribution < 1.29 is 14.3 Å². The number of amides is 1. The number of carbonyl (C=O) groups is 1. The summed E-state index contributed by atoms with van der Waals surface area (Å²) >= 11 is 0. The standard InChI is InChI=1S/C18H23NO3/c1-2-6-15(20)13-19-18(21)12-10-16-9-11-17(22-16)14-7-4-3-5-8-14/h3-5,7-9,11,15,20H,2,6,10,12-13H2,1H3,(H,19,21). The molecule has 1 amide bonds. The van der Waals surface area contributed by atoms with Crippen LogP contribution in [0.4, 0.5) is 0 Å². The monoisotopic (exact) mass is 301 g/mol. The number of benzene rings is 1. The van der Waals surface area contributed by atoms with Gasteiger partial charge < -0.3 is 14.8 Å². The largest absolute Gasteiger partial charge is 0.461 e. The smallest absolute Gasteiger partial charge is 0.220 e. The topological polar surface area (TPSA) is 62.5 Å². The van der Waals surface area contributed by atoms with Gasteiger partial charge in [-0.15, -0.1) is 0 Å². The Balaban J connectivity index is 1.78. The van der Waals surface area contributed by atoms with Crippen LogP contribution in [0, 0.1) is 0 Å². The molecule has 22 heavy (non-hydrogen) atoms. The first kappa shape index (κ1) is 16.3. The minimum absolute atomic E-state index is 0.0622. The maximum atomic E-state index is 11.7. The Morgan fingerprint density at radius 1 is 1.23 bits per heavy atom. The van der Waals surface area contributed by atoms with E-state index in [1.165, 1.54) is 0 Å². The SMILES string of the molecule is CCCC(O)CNC(=O)CCc1ccc(-c2ccccc2)o1. The summed E-state index contributed by atoms with van der Waals surface area (Å²) in [6.45, 7) is 2.33. The zero-order valence-electron chi connectivity index (χ0n) is 12.9. The average Bonchev–Trinajstić information content (AvgIpc) is 3.01. The van der Waals surface area contributed by atoms with Crippen LogP contribution >= 0.6 is 0 Å². The molecule has 0 aliphatic heterocycles. The van der Waals surface area contributed by atoms with Gasteiger partial charge in [0.1, 0.15) is 11.5 Å². The number of aliphatic hydroxyl groups is 1. The molecule has 2 rings (SSSR count). The third-order valence-corrected chi connectivity index (χ3v) is 3.48. The van der Waals surface area contributed by atoms with Gasteiger partial charge in [0.2, 0.25) is 5.91 Å². The first-order valence-electron chi connectivity index (χ1n) is 7.78. The molecule has 0 spiro atoms. The van der Waals surface area contributed by atoms with Crippen LogP contribution in [0.1, 0.15) is 31.9 Å². The summed E-state index contributed by atoms with van der Waals surface area (Å²) in [5.41, 5.74) is 1.03. The van der Waals surface area contributed by atoms with Crippen LogP contribution in [-0.4, -0.2) is 23.7 Å². The van der Waals surface area contributed by atoms with Gasteiger partial charge in [-0.05, 0) is 18.6 Å². The van der Waals surface area contributed by atoms with Crippen LogP contribution in [0.3, 0.4) is 0 Å². The van der Waals surface area contributed by atoms with Crippen LogP contribution in [0.15, 0.2) is 46.9 Å². The third-order valence-electron chi connectivity index (χ3n) is 3.48. The molecule has 4 nitrogen and oxygen atoms in total. The van der Waals surface area contributed by atoms with Gasteiger partial charge in [0, 0.05) is 24.9 Å². The van der Waals surface area contributed by atoms with Crippen LogP contribution in [0.2, 0.25) is 0 Å². The Bertz CT molecular complexity index is 577. The lowest BCUT2D eigenvalue weighted by Crippen LogP contribution is -2.32. The van der Waals surface area contributed by atoms with Crippen molar-refractivity contribution in [3.8, 4) is 11.3 Å². The Kier molecular flexibility index (Phi) is 6.22. The molecule has 0 radical (unpaired) electrons. The fourth-order valence-electron chi connectivity index (χ4n) is 2.26. The van der Waals surface area contributed by atoms with Crippen molar-refractivity contribution in [1.82, 2.24) is 5.32 Å². The van der Waals surface area contributed by atoms with E-state index in [9.17, 15) is 9.90 Å². The van der Waals surface area contributed by atoms with Gasteiger partial charge in [-0.3, -0.25) is 4.79 Å². The number of aryl methyl sites for hydroxylation is 1. The molecular formula is C18H23NO3. The van der Waals surface area contributed by atoms with E-state index in [0.717, 1.165) is 23.5 Å². The summed E-state index contributed by atoms with van der Waals surface area (Å²) < 4.78 is 5.75. The lowest BCUT2D eigenvalue weighted by atomic mass is 10.2. The lowest BCUT2D eigenvalue weighted by Gasteiger charge is -2.10. The first-order valence-corrected chi connectivity index (χ1v) is 7.78. The zero-order chi connectivity index (χ0) is 15.8. The minimum Gasteiger partial charge on any atom is -0.461 e. The predicted molar refractivity (Wildman–Crippen MR) is 86.4 cm³/mol. The normalized spacial score (nSPS) is 12.1. The minimum atomic E-state index is -0.456. The van der Waals surface area contributed by atoms with Crippen molar-refractivity contribution in [2.45, 2.75) is 38.7 Å². The molecule has 4 heteroatoms. The number of hydrogen-bond donors (Lipinski definition) is 2. The summed E-state index contributed by atoms with van der Waals surface area (Å²) in [6.07, 6.45) is 2.08. The summed E-state index contributed by atoms with van der Waals surface area (Å²) in [5, 5.41) is 12.3. The molecule has 0 saturated carbocycles. The van der Waals surface area contributed by atoms with Crippen molar-refractivity contribution >= 4 is 5.91 Å². The summed E-state index contributed by atoms with van der Waals surface area (Å²) in [6, 6.07) is 13.7. The Morgan fingerprint density at radius 2 is 2.00 bits per heavy atom. The van der Waals surface area contributed by atoms with Crippen molar-refractivity contribution in [3.05, 3.63) is 48.2 Å². The maximum Gasteiger partial charge on any atom is 0.220 e. The molecule has 1 aromatic carbocycles. The highest BCUT2D eigenvalue weighted by atomic mass is 16.3. The zero-order valence-corrected chi connectivity index (χ0v) is 12.9. The molecule has 0 aliphatic carbocycles. The van der Waals surface area contributed by atoms with Gasteiger partial charge in [-0.1, -0.05) is 43.7 Å². The fraction of sp³-hybridized carbons (Fsp3) is 0.389. The molecule has 118 valence electrons. The second-order valence-electron chi connectivity index (χ2n) is 5.38. The summed E-state index contributed by atoms with van der Waals surface area (Å²) in [5.74, 6) is 1.55. The van der Waals surface area contributed by atoms with E-state index in [0.29, 0.717) is 25.8 Å². The van der Waals surface area contributed by atoms with Crippen molar-refractivity contribution in [1.29, 1.82) is 0 Å². The molecule has 0 saturated heterocycles. The molecule has 1 unspecified atom stereocenters. The van der Waals surface area contributed by atoms with Gasteiger partial charge in [0.25, 0.3) is 0 Å². The van der Waals surface area contributed by atoms with Gasteiger partial charge >= 0.3 is 0 Å². The molecule has 2 N–H and O–H groups in total. The lowest BCUT2D eigenvalue weighted by molar-refractivity contribution is -0.121. The van der Waals surface area contributed by atoms with E-state index in [4.69, 9.17) is 4.42 Å². The highest BCUT2D eigenvalue weighted by Crippen LogP contribution is 2.22. The molecule has 1 atom stereocenters. The van der Waals surface area contributed by atoms with Gasteiger partial charge in [0.05, 0.1) is 6.10 Å². The van der Waals surface area contributed by atoms with E-state index in [2.05, 4.69) is 5.32 Å². The molecule has 2 aromatic rings. The number of aliphatic hydroxyl groups excluding tert-OH is 1. The Morgan fingerprint density at radius 3 is 2.73 bits per heavy atom. The van der Waals surface area contributed by atoms with Crippen molar-refractivity contribution in [3.63, 3.8) is 0 Å². The van der Waals surface area contributed by atoms with Gasteiger partial charge in [-0.2, -0.15) is 0 Å². The van der Waals surface area contributed by atoms with E-state index >= 15 is 0 Å². The average molecular weight is 301 g/mol. The van der Waals surface area contributed by atoms with Crippen LogP contribution in [0.5, 0.6) is 0 Å². The van der Waals surface area contributed by atoms with E-state index in [-0.39, 0.29) is 5.91 Å². The summed E-state index contributed by atoms with van der Waals surface area (Å²) in [7, 11) is 0. The van der Waals surface area contributed by atoms with Crippen molar-refractivity contribution in [2.24, 2.45) is 0 Å². The number of rotatable bonds is 8. The highest BCUT2D eigenvalue weighted by molar-refractivity contribution is 5.76. The maximum absolute atomic E-state index is 11.7. The molecular weight excluding hydrogens is 278 g/mol. The quantitative estimate of drug-likeness (QED) is 0.787. The highest BCUT2D eigenvalue weighted by Gasteiger charge is 2.09. The van der Waals surface area contributed by atoms with Crippen LogP contribution in [-0.2, 0) is 11.2 Å². The van der Waals surface area contributed by atoms with Crippen molar-refractivity contribution in [2.75, 3.05) is 6.54 Å². The third kappa shape index (κ3) is 5.04. The number of furan rings is 1. The van der Waals surface area contributed by atoms with E-state index in [1.807, 2.05) is 49.4 Å². The van der Waals surface area contributed by atoms with E-state index < -0.39 is 6.10 Å². The molecule has 0 fully saturated rings. The number of carbonyl (C=O) groups excluding carboxylic acids is 1. The van der Waals surface area contributed by atoms with Gasteiger partial charge in [0.15, 0.2) is 0 Å². The van der Waals surface area contributed by atoms with Gasteiger partial charge in [-0.25, -0.2) is 0 Å². The Hall–Kier alpha value is -2.07. The van der Waals surface area contributed by atoms with Crippen LogP contribution in [0.25, 0.3) is 11.3 Å². The molecule has 0 aliphatic rings. The fourth-order valence-corrected chi connectivity index (χ4v) is 2.26. The second kappa shape index (κ2) is 8.39. The second-order valence-corrected chi connectivity index (χ2v) is 5.38. The molecule has 1 heterocycles.